The van der Waals surface area contributed by atoms with Crippen molar-refractivity contribution >= 4 is 17.5 Å². The predicted octanol–water partition coefficient (Wildman–Crippen LogP) is 3.03. The van der Waals surface area contributed by atoms with E-state index in [4.69, 9.17) is 11.6 Å². The zero-order chi connectivity index (χ0) is 12.3. The Balaban J connectivity index is 2.95. The van der Waals surface area contributed by atoms with Crippen LogP contribution in [0.2, 0.25) is 0 Å². The summed E-state index contributed by atoms with van der Waals surface area (Å²) >= 11 is 5.47. The molecule has 88 valence electrons. The highest BCUT2D eigenvalue weighted by Gasteiger charge is 2.11. The minimum Gasteiger partial charge on any atom is -0.349 e. The predicted molar refractivity (Wildman–Crippen MR) is 67.9 cm³/mol. The molecule has 1 atom stereocenters. The number of alkyl halides is 1. The number of aryl methyl sites for hydroxylation is 3. The van der Waals surface area contributed by atoms with Crippen molar-refractivity contribution < 1.29 is 4.79 Å². The van der Waals surface area contributed by atoms with Crippen LogP contribution in [0.15, 0.2) is 12.1 Å². The summed E-state index contributed by atoms with van der Waals surface area (Å²) in [4.78, 5) is 11.2. The Kier molecular flexibility index (Phi) is 4.36. The first-order chi connectivity index (χ1) is 7.45. The normalized spacial score (nSPS) is 12.3. The van der Waals surface area contributed by atoms with Gasteiger partial charge in [0, 0.05) is 0 Å². The molecule has 3 heteroatoms. The first-order valence-electron chi connectivity index (χ1n) is 5.38. The Morgan fingerprint density at radius 3 is 2.38 bits per heavy atom. The summed E-state index contributed by atoms with van der Waals surface area (Å²) in [6.07, 6.45) is 0. The van der Waals surface area contributed by atoms with Gasteiger partial charge < -0.3 is 5.32 Å². The van der Waals surface area contributed by atoms with Crippen LogP contribution in [0, 0.1) is 20.8 Å². The van der Waals surface area contributed by atoms with Gasteiger partial charge in [-0.15, -0.1) is 11.6 Å². The number of hydrogen-bond acceptors (Lipinski definition) is 1. The maximum atomic E-state index is 11.2. The van der Waals surface area contributed by atoms with Gasteiger partial charge in [-0.25, -0.2) is 0 Å². The molecule has 0 aliphatic heterocycles. The van der Waals surface area contributed by atoms with Crippen LogP contribution in [0.3, 0.4) is 0 Å². The third kappa shape index (κ3) is 2.99. The second-order valence-corrected chi connectivity index (χ2v) is 4.48. The quantitative estimate of drug-likeness (QED) is 0.808. The Labute approximate surface area is 102 Å². The van der Waals surface area contributed by atoms with E-state index in [9.17, 15) is 4.79 Å². The van der Waals surface area contributed by atoms with Crippen LogP contribution in [0.5, 0.6) is 0 Å². The van der Waals surface area contributed by atoms with E-state index in [0.717, 1.165) is 5.56 Å². The van der Waals surface area contributed by atoms with Gasteiger partial charge in [0.2, 0.25) is 5.91 Å². The minimum absolute atomic E-state index is 0.00514. The molecule has 1 N–H and O–H groups in total. The van der Waals surface area contributed by atoms with Crippen molar-refractivity contribution in [2.45, 2.75) is 33.7 Å². The maximum Gasteiger partial charge on any atom is 0.235 e. The van der Waals surface area contributed by atoms with Crippen LogP contribution < -0.4 is 5.32 Å². The monoisotopic (exact) mass is 239 g/mol. The number of benzene rings is 1. The third-order valence-corrected chi connectivity index (χ3v) is 3.09. The molecular formula is C13H18ClNO. The fraction of sp³-hybridized carbons (Fsp3) is 0.462. The second kappa shape index (κ2) is 5.35. The van der Waals surface area contributed by atoms with Crippen LogP contribution in [0.25, 0.3) is 0 Å². The van der Waals surface area contributed by atoms with Crippen molar-refractivity contribution in [3.63, 3.8) is 0 Å². The molecule has 0 spiro atoms. The van der Waals surface area contributed by atoms with Crippen LogP contribution in [-0.4, -0.2) is 11.8 Å². The van der Waals surface area contributed by atoms with Gasteiger partial charge >= 0.3 is 0 Å². The Bertz CT molecular complexity index is 401. The van der Waals surface area contributed by atoms with Crippen LogP contribution >= 0.6 is 11.6 Å². The first kappa shape index (κ1) is 13.0. The topological polar surface area (TPSA) is 29.1 Å². The fourth-order valence-corrected chi connectivity index (χ4v) is 1.88. The van der Waals surface area contributed by atoms with Crippen LogP contribution in [0.1, 0.15) is 35.2 Å². The molecular weight excluding hydrogens is 222 g/mol. The van der Waals surface area contributed by atoms with E-state index in [1.54, 1.807) is 0 Å². The molecule has 1 aromatic rings. The van der Waals surface area contributed by atoms with Crippen molar-refractivity contribution in [2.24, 2.45) is 0 Å². The van der Waals surface area contributed by atoms with E-state index >= 15 is 0 Å². The van der Waals surface area contributed by atoms with E-state index in [-0.39, 0.29) is 17.8 Å². The highest BCUT2D eigenvalue weighted by atomic mass is 35.5. The Hall–Kier alpha value is -1.02. The number of carbonyl (C=O) groups excluding carboxylic acids is 1. The number of halogens is 1. The van der Waals surface area contributed by atoms with Gasteiger partial charge in [-0.2, -0.15) is 0 Å². The lowest BCUT2D eigenvalue weighted by molar-refractivity contribution is -0.119. The molecule has 0 unspecified atom stereocenters. The van der Waals surface area contributed by atoms with E-state index in [0.29, 0.717) is 0 Å². The maximum absolute atomic E-state index is 11.2. The lowest BCUT2D eigenvalue weighted by Crippen LogP contribution is -2.28. The van der Waals surface area contributed by atoms with Gasteiger partial charge in [0.25, 0.3) is 0 Å². The van der Waals surface area contributed by atoms with Gasteiger partial charge in [0.05, 0.1) is 6.04 Å². The van der Waals surface area contributed by atoms with E-state index < -0.39 is 0 Å². The largest absolute Gasteiger partial charge is 0.349 e. The average molecular weight is 240 g/mol. The summed E-state index contributed by atoms with van der Waals surface area (Å²) in [7, 11) is 0. The highest BCUT2D eigenvalue weighted by molar-refractivity contribution is 6.27. The lowest BCUT2D eigenvalue weighted by atomic mass is 9.96. The van der Waals surface area contributed by atoms with Gasteiger partial charge in [-0.3, -0.25) is 4.79 Å². The number of amides is 1. The van der Waals surface area contributed by atoms with Crippen LogP contribution in [-0.2, 0) is 4.79 Å². The molecule has 0 heterocycles. The van der Waals surface area contributed by atoms with E-state index in [1.807, 2.05) is 6.92 Å². The van der Waals surface area contributed by atoms with Crippen molar-refractivity contribution in [1.82, 2.24) is 5.32 Å². The average Bonchev–Trinajstić information content (AvgIpc) is 2.23. The number of rotatable bonds is 3. The molecule has 16 heavy (non-hydrogen) atoms. The van der Waals surface area contributed by atoms with Crippen molar-refractivity contribution in [1.29, 1.82) is 0 Å². The molecule has 1 amide bonds. The Morgan fingerprint density at radius 2 is 1.81 bits per heavy atom. The van der Waals surface area contributed by atoms with Gasteiger partial charge in [-0.1, -0.05) is 12.1 Å². The minimum atomic E-state index is -0.133. The zero-order valence-corrected chi connectivity index (χ0v) is 11.0. The molecule has 1 rings (SSSR count). The molecule has 0 saturated heterocycles. The zero-order valence-electron chi connectivity index (χ0n) is 10.2. The molecule has 0 saturated carbocycles. The molecule has 0 bridgehead atoms. The first-order valence-corrected chi connectivity index (χ1v) is 5.92. The molecule has 2 nitrogen and oxygen atoms in total. The highest BCUT2D eigenvalue weighted by Crippen LogP contribution is 2.21. The van der Waals surface area contributed by atoms with Gasteiger partial charge in [0.1, 0.15) is 5.88 Å². The van der Waals surface area contributed by atoms with Gasteiger partial charge in [-0.05, 0) is 49.9 Å². The summed E-state index contributed by atoms with van der Waals surface area (Å²) in [5.74, 6) is -0.124. The van der Waals surface area contributed by atoms with Crippen molar-refractivity contribution in [3.05, 3.63) is 34.4 Å². The summed E-state index contributed by atoms with van der Waals surface area (Å²) in [6.45, 7) is 8.20. The fourth-order valence-electron chi connectivity index (χ4n) is 1.81. The molecule has 1 aromatic carbocycles. The summed E-state index contributed by atoms with van der Waals surface area (Å²) < 4.78 is 0. The number of hydrogen-bond donors (Lipinski definition) is 1. The van der Waals surface area contributed by atoms with Crippen molar-refractivity contribution in [2.75, 3.05) is 5.88 Å². The van der Waals surface area contributed by atoms with Crippen molar-refractivity contribution in [3.8, 4) is 0 Å². The molecule has 0 radical (unpaired) electrons. The summed E-state index contributed by atoms with van der Waals surface area (Å²) in [6, 6.07) is 4.28. The van der Waals surface area contributed by atoms with E-state index in [1.165, 1.54) is 16.7 Å². The second-order valence-electron chi connectivity index (χ2n) is 4.22. The Morgan fingerprint density at radius 1 is 1.25 bits per heavy atom. The molecule has 0 aliphatic carbocycles. The summed E-state index contributed by atoms with van der Waals surface area (Å²) in [5.41, 5.74) is 4.87. The molecule has 0 aliphatic rings. The molecule has 0 fully saturated rings. The lowest BCUT2D eigenvalue weighted by Gasteiger charge is -2.17. The van der Waals surface area contributed by atoms with Gasteiger partial charge in [0.15, 0.2) is 0 Å². The summed E-state index contributed by atoms with van der Waals surface area (Å²) in [5, 5.41) is 2.86. The SMILES string of the molecule is Cc1cc(C)c([C@@H](C)NC(=O)CCl)cc1C. The number of carbonyl (C=O) groups is 1. The third-order valence-electron chi connectivity index (χ3n) is 2.85. The number of nitrogens with one attached hydrogen (secondary N) is 1. The standard InChI is InChI=1S/C13H18ClNO/c1-8-5-10(3)12(6-9(8)2)11(4)15-13(16)7-14/h5-6,11H,7H2,1-4H3,(H,15,16)/t11-/m1/s1. The molecule has 0 aromatic heterocycles. The van der Waals surface area contributed by atoms with Crippen LogP contribution in [0.4, 0.5) is 0 Å². The smallest absolute Gasteiger partial charge is 0.235 e. The van der Waals surface area contributed by atoms with E-state index in [2.05, 4.69) is 38.2 Å².